The van der Waals surface area contributed by atoms with Gasteiger partial charge in [0.15, 0.2) is 0 Å². The standard InChI is InChI=1S/C24H16N2O2S2/c27-23-19-20(24(28)25-21(19)14-6-10-16(29)11-7-14)22(26-23)15-8-12-18(13-9-15)30-17-4-2-1-3-5-17/h1-13,29H,(H,25,28)(H,26,27). The van der Waals surface area contributed by atoms with E-state index in [1.807, 2.05) is 66.7 Å². The molecule has 0 unspecified atom stereocenters. The minimum atomic E-state index is -0.272. The van der Waals surface area contributed by atoms with Crippen LogP contribution in [0.15, 0.2) is 105 Å². The molecule has 2 aliphatic rings. The van der Waals surface area contributed by atoms with Gasteiger partial charge in [-0.2, -0.15) is 0 Å². The van der Waals surface area contributed by atoms with E-state index < -0.39 is 0 Å². The molecule has 0 spiro atoms. The summed E-state index contributed by atoms with van der Waals surface area (Å²) in [6, 6.07) is 25.3. The van der Waals surface area contributed by atoms with E-state index in [1.54, 1.807) is 11.8 Å². The second kappa shape index (κ2) is 7.55. The third-order valence-corrected chi connectivity index (χ3v) is 6.27. The summed E-state index contributed by atoms with van der Waals surface area (Å²) in [5.74, 6) is -0.544. The highest BCUT2D eigenvalue weighted by atomic mass is 32.2. The topological polar surface area (TPSA) is 58.2 Å². The normalized spacial score (nSPS) is 15.4. The van der Waals surface area contributed by atoms with Gasteiger partial charge >= 0.3 is 0 Å². The van der Waals surface area contributed by atoms with Crippen LogP contribution in [0, 0.1) is 0 Å². The third kappa shape index (κ3) is 3.34. The van der Waals surface area contributed by atoms with Crippen LogP contribution in [0.1, 0.15) is 11.1 Å². The molecule has 0 atom stereocenters. The molecular formula is C24H16N2O2S2. The first-order valence-electron chi connectivity index (χ1n) is 9.34. The predicted octanol–water partition coefficient (Wildman–Crippen LogP) is 4.51. The lowest BCUT2D eigenvalue weighted by molar-refractivity contribution is -0.117. The number of amides is 2. The molecular weight excluding hydrogens is 412 g/mol. The van der Waals surface area contributed by atoms with Gasteiger partial charge in [0.1, 0.15) is 0 Å². The Balaban J connectivity index is 1.50. The van der Waals surface area contributed by atoms with Crippen LogP contribution in [0.3, 0.4) is 0 Å². The average Bonchev–Trinajstić information content (AvgIpc) is 3.28. The van der Waals surface area contributed by atoms with E-state index >= 15 is 0 Å². The van der Waals surface area contributed by atoms with Gasteiger partial charge in [0.25, 0.3) is 11.8 Å². The zero-order chi connectivity index (χ0) is 20.7. The maximum Gasteiger partial charge on any atom is 0.258 e. The number of nitrogens with one attached hydrogen (secondary N) is 2. The van der Waals surface area contributed by atoms with Crippen molar-refractivity contribution in [2.45, 2.75) is 14.7 Å². The summed E-state index contributed by atoms with van der Waals surface area (Å²) in [5, 5.41) is 5.74. The largest absolute Gasteiger partial charge is 0.321 e. The second-order valence-electron chi connectivity index (χ2n) is 6.89. The third-order valence-electron chi connectivity index (χ3n) is 4.96. The van der Waals surface area contributed by atoms with E-state index in [9.17, 15) is 9.59 Å². The first kappa shape index (κ1) is 18.8. The fourth-order valence-corrected chi connectivity index (χ4v) is 4.54. The van der Waals surface area contributed by atoms with E-state index in [2.05, 4.69) is 35.4 Å². The van der Waals surface area contributed by atoms with Crippen LogP contribution < -0.4 is 10.6 Å². The first-order chi connectivity index (χ1) is 14.6. The zero-order valence-corrected chi connectivity index (χ0v) is 17.4. The van der Waals surface area contributed by atoms with Crippen molar-refractivity contribution >= 4 is 47.6 Å². The molecule has 0 fully saturated rings. The Kier molecular flexibility index (Phi) is 4.73. The number of hydrogen-bond donors (Lipinski definition) is 3. The van der Waals surface area contributed by atoms with Crippen LogP contribution in [0.5, 0.6) is 0 Å². The molecule has 2 N–H and O–H groups in total. The average molecular weight is 429 g/mol. The maximum atomic E-state index is 12.7. The smallest absolute Gasteiger partial charge is 0.258 e. The molecule has 0 saturated carbocycles. The molecule has 4 nitrogen and oxygen atoms in total. The number of carbonyl (C=O) groups excluding carboxylic acids is 2. The Bertz CT molecular complexity index is 1230. The lowest BCUT2D eigenvalue weighted by Gasteiger charge is -2.08. The van der Waals surface area contributed by atoms with E-state index in [4.69, 9.17) is 0 Å². The van der Waals surface area contributed by atoms with Gasteiger partial charge in [-0.05, 0) is 47.5 Å². The highest BCUT2D eigenvalue weighted by molar-refractivity contribution is 7.99. The number of thiol groups is 1. The highest BCUT2D eigenvalue weighted by Gasteiger charge is 2.40. The molecule has 5 rings (SSSR count). The molecule has 146 valence electrons. The zero-order valence-electron chi connectivity index (χ0n) is 15.7. The van der Waals surface area contributed by atoms with E-state index in [1.165, 1.54) is 0 Å². The van der Waals surface area contributed by atoms with Crippen LogP contribution in [0.25, 0.3) is 11.4 Å². The van der Waals surface area contributed by atoms with Crippen molar-refractivity contribution in [3.63, 3.8) is 0 Å². The Morgan fingerprint density at radius 2 is 1.07 bits per heavy atom. The van der Waals surface area contributed by atoms with Crippen LogP contribution in [0.4, 0.5) is 0 Å². The van der Waals surface area contributed by atoms with Gasteiger partial charge in [-0.15, -0.1) is 12.6 Å². The quantitative estimate of drug-likeness (QED) is 0.536. The van der Waals surface area contributed by atoms with E-state index in [0.29, 0.717) is 22.5 Å². The van der Waals surface area contributed by atoms with Crippen molar-refractivity contribution in [2.24, 2.45) is 0 Å². The molecule has 6 heteroatoms. The second-order valence-corrected chi connectivity index (χ2v) is 8.56. The van der Waals surface area contributed by atoms with Gasteiger partial charge in [-0.25, -0.2) is 0 Å². The number of carbonyl (C=O) groups is 2. The Labute approximate surface area is 183 Å². The van der Waals surface area contributed by atoms with Gasteiger partial charge in [0.2, 0.25) is 0 Å². The lowest BCUT2D eigenvalue weighted by Crippen LogP contribution is -2.21. The molecule has 2 amide bonds. The van der Waals surface area contributed by atoms with Crippen molar-refractivity contribution in [1.29, 1.82) is 0 Å². The number of rotatable bonds is 4. The Morgan fingerprint density at radius 3 is 1.60 bits per heavy atom. The summed E-state index contributed by atoms with van der Waals surface area (Å²) >= 11 is 5.95. The van der Waals surface area contributed by atoms with Crippen molar-refractivity contribution in [2.75, 3.05) is 0 Å². The number of benzene rings is 3. The molecule has 0 bridgehead atoms. The molecule has 2 heterocycles. The Hall–Kier alpha value is -3.22. The lowest BCUT2D eigenvalue weighted by atomic mass is 10.0. The van der Waals surface area contributed by atoms with Crippen LogP contribution in [-0.4, -0.2) is 11.8 Å². The summed E-state index contributed by atoms with van der Waals surface area (Å²) in [6.45, 7) is 0. The summed E-state index contributed by atoms with van der Waals surface area (Å²) in [6.07, 6.45) is 0. The minimum absolute atomic E-state index is 0.272. The molecule has 0 aliphatic carbocycles. The molecule has 3 aromatic rings. The molecule has 0 radical (unpaired) electrons. The van der Waals surface area contributed by atoms with Gasteiger partial charge in [-0.3, -0.25) is 9.59 Å². The minimum Gasteiger partial charge on any atom is -0.321 e. The molecule has 3 aromatic carbocycles. The van der Waals surface area contributed by atoms with Crippen molar-refractivity contribution < 1.29 is 9.59 Å². The summed E-state index contributed by atoms with van der Waals surface area (Å²) < 4.78 is 0. The SMILES string of the molecule is O=C1NC(c2ccc(Sc3ccccc3)cc2)=C2C(=O)NC(c3ccc(S)cc3)=C12. The van der Waals surface area contributed by atoms with Gasteiger partial charge in [-0.1, -0.05) is 54.2 Å². The monoisotopic (exact) mass is 428 g/mol. The molecule has 2 aliphatic heterocycles. The fraction of sp³-hybridized carbons (Fsp3) is 0. The van der Waals surface area contributed by atoms with Gasteiger partial charge in [0.05, 0.1) is 22.5 Å². The van der Waals surface area contributed by atoms with Crippen LogP contribution >= 0.6 is 24.4 Å². The van der Waals surface area contributed by atoms with E-state index in [-0.39, 0.29) is 11.8 Å². The predicted molar refractivity (Wildman–Crippen MR) is 121 cm³/mol. The van der Waals surface area contributed by atoms with Crippen molar-refractivity contribution in [3.05, 3.63) is 101 Å². The van der Waals surface area contributed by atoms with Crippen LogP contribution in [0.2, 0.25) is 0 Å². The molecule has 30 heavy (non-hydrogen) atoms. The van der Waals surface area contributed by atoms with Crippen LogP contribution in [-0.2, 0) is 9.59 Å². The summed E-state index contributed by atoms with van der Waals surface area (Å²) in [7, 11) is 0. The van der Waals surface area contributed by atoms with Crippen molar-refractivity contribution in [1.82, 2.24) is 10.6 Å². The summed E-state index contributed by atoms with van der Waals surface area (Å²) in [4.78, 5) is 28.5. The Morgan fingerprint density at radius 1 is 0.600 bits per heavy atom. The number of fused-ring (bicyclic) bond motifs is 1. The molecule has 0 aromatic heterocycles. The maximum absolute atomic E-state index is 12.7. The van der Waals surface area contributed by atoms with Gasteiger partial charge < -0.3 is 10.6 Å². The van der Waals surface area contributed by atoms with Gasteiger partial charge in [0, 0.05) is 14.7 Å². The number of hydrogen-bond acceptors (Lipinski definition) is 4. The summed E-state index contributed by atoms with van der Waals surface area (Å²) in [5.41, 5.74) is 3.44. The fourth-order valence-electron chi connectivity index (χ4n) is 3.56. The first-order valence-corrected chi connectivity index (χ1v) is 10.6. The molecule has 0 saturated heterocycles. The highest BCUT2D eigenvalue weighted by Crippen LogP contribution is 2.38. The van der Waals surface area contributed by atoms with Crippen molar-refractivity contribution in [3.8, 4) is 0 Å². The van der Waals surface area contributed by atoms with E-state index in [0.717, 1.165) is 25.8 Å².